The fraction of sp³-hybridized carbons (Fsp3) is 0.231. The van der Waals surface area contributed by atoms with Crippen molar-refractivity contribution in [3.8, 4) is 0 Å². The van der Waals surface area contributed by atoms with Crippen molar-refractivity contribution in [3.05, 3.63) is 55.6 Å². The van der Waals surface area contributed by atoms with E-state index in [1.807, 2.05) is 0 Å². The molecule has 0 spiro atoms. The molecule has 0 amide bonds. The van der Waals surface area contributed by atoms with E-state index in [0.29, 0.717) is 10.4 Å². The van der Waals surface area contributed by atoms with E-state index in [1.165, 1.54) is 6.07 Å². The Morgan fingerprint density at radius 3 is 2.57 bits per heavy atom. The van der Waals surface area contributed by atoms with Crippen molar-refractivity contribution in [3.63, 3.8) is 0 Å². The molecular weight excluding hydrogens is 307 g/mol. The summed E-state index contributed by atoms with van der Waals surface area (Å²) in [5.74, 6) is -1.11. The third-order valence-electron chi connectivity index (χ3n) is 2.88. The van der Waals surface area contributed by atoms with Crippen LogP contribution in [0.2, 0.25) is 0 Å². The molecular formula is C13H10F3NO3S. The van der Waals surface area contributed by atoms with E-state index in [9.17, 15) is 22.8 Å². The summed E-state index contributed by atoms with van der Waals surface area (Å²) in [5.41, 5.74) is -0.988. The predicted molar refractivity (Wildman–Crippen MR) is 70.8 cm³/mol. The zero-order valence-corrected chi connectivity index (χ0v) is 11.6. The summed E-state index contributed by atoms with van der Waals surface area (Å²) in [6, 6.07) is 2.94. The summed E-state index contributed by atoms with van der Waals surface area (Å²) < 4.78 is 38.8. The average molecular weight is 317 g/mol. The first-order valence-electron chi connectivity index (χ1n) is 5.79. The van der Waals surface area contributed by atoms with Crippen molar-refractivity contribution >= 4 is 17.3 Å². The third-order valence-corrected chi connectivity index (χ3v) is 3.96. The molecule has 0 aliphatic heterocycles. The molecule has 1 N–H and O–H groups in total. The van der Waals surface area contributed by atoms with Crippen molar-refractivity contribution in [2.75, 3.05) is 0 Å². The quantitative estimate of drug-likeness (QED) is 0.947. The zero-order valence-electron chi connectivity index (χ0n) is 10.8. The van der Waals surface area contributed by atoms with Gasteiger partial charge in [0.05, 0.1) is 12.1 Å². The van der Waals surface area contributed by atoms with Crippen LogP contribution >= 0.6 is 11.3 Å². The number of pyridine rings is 1. The number of aromatic carboxylic acids is 1. The highest BCUT2D eigenvalue weighted by Gasteiger charge is 2.31. The van der Waals surface area contributed by atoms with Gasteiger partial charge in [-0.15, -0.1) is 11.3 Å². The standard InChI is InChI=1S/C13H10F3NO3S/c1-7-8(4-10(21-7)12(19)20)5-17-6-9(13(14,15)16)2-3-11(17)18/h2-4,6H,5H2,1H3,(H,19,20). The molecule has 0 aliphatic rings. The minimum absolute atomic E-state index is 0.0857. The van der Waals surface area contributed by atoms with Crippen LogP contribution in [-0.2, 0) is 12.7 Å². The summed E-state index contributed by atoms with van der Waals surface area (Å²) >= 11 is 1.02. The molecule has 0 fully saturated rings. The van der Waals surface area contributed by atoms with Crippen LogP contribution in [0, 0.1) is 6.92 Å². The lowest BCUT2D eigenvalue weighted by molar-refractivity contribution is -0.138. The monoisotopic (exact) mass is 317 g/mol. The molecule has 0 aliphatic carbocycles. The molecule has 0 bridgehead atoms. The summed E-state index contributed by atoms with van der Waals surface area (Å²) in [6.07, 6.45) is -3.80. The summed E-state index contributed by atoms with van der Waals surface area (Å²) in [5, 5.41) is 8.89. The Hall–Kier alpha value is -2.09. The lowest BCUT2D eigenvalue weighted by Crippen LogP contribution is -2.22. The summed E-state index contributed by atoms with van der Waals surface area (Å²) in [4.78, 5) is 23.2. The molecule has 0 saturated carbocycles. The number of hydrogen-bond donors (Lipinski definition) is 1. The van der Waals surface area contributed by atoms with Gasteiger partial charge in [-0.1, -0.05) is 0 Å². The molecule has 2 rings (SSSR count). The Bertz CT molecular complexity index is 746. The predicted octanol–water partition coefficient (Wildman–Crippen LogP) is 2.98. The largest absolute Gasteiger partial charge is 0.477 e. The van der Waals surface area contributed by atoms with Crippen molar-refractivity contribution in [1.82, 2.24) is 4.57 Å². The van der Waals surface area contributed by atoms with E-state index in [-0.39, 0.29) is 11.4 Å². The Morgan fingerprint density at radius 2 is 2.05 bits per heavy atom. The van der Waals surface area contributed by atoms with Gasteiger partial charge in [0.1, 0.15) is 4.88 Å². The van der Waals surface area contributed by atoms with Crippen molar-refractivity contribution in [1.29, 1.82) is 0 Å². The molecule has 8 heteroatoms. The van der Waals surface area contributed by atoms with Crippen LogP contribution < -0.4 is 5.56 Å². The maximum atomic E-state index is 12.6. The zero-order chi connectivity index (χ0) is 15.8. The molecule has 2 aromatic rings. The van der Waals surface area contributed by atoms with E-state index in [0.717, 1.165) is 34.2 Å². The second-order valence-corrected chi connectivity index (χ2v) is 5.64. The first-order valence-corrected chi connectivity index (χ1v) is 6.60. The van der Waals surface area contributed by atoms with Crippen LogP contribution in [-0.4, -0.2) is 15.6 Å². The summed E-state index contributed by atoms with van der Waals surface area (Å²) in [6.45, 7) is 1.56. The minimum Gasteiger partial charge on any atom is -0.477 e. The number of aryl methyl sites for hydroxylation is 1. The van der Waals surface area contributed by atoms with Crippen molar-refractivity contribution < 1.29 is 23.1 Å². The number of carboxylic acids is 1. The second kappa shape index (κ2) is 5.36. The Morgan fingerprint density at radius 1 is 1.38 bits per heavy atom. The van der Waals surface area contributed by atoms with Crippen LogP contribution in [0.15, 0.2) is 29.2 Å². The van der Waals surface area contributed by atoms with Gasteiger partial charge < -0.3 is 9.67 Å². The molecule has 0 aromatic carbocycles. The highest BCUT2D eigenvalue weighted by molar-refractivity contribution is 7.14. The fourth-order valence-corrected chi connectivity index (χ4v) is 2.66. The molecule has 2 aromatic heterocycles. The SMILES string of the molecule is Cc1sc(C(=O)O)cc1Cn1cc(C(F)(F)F)ccc1=O. The van der Waals surface area contributed by atoms with Crippen LogP contribution in [0.1, 0.15) is 25.7 Å². The van der Waals surface area contributed by atoms with Gasteiger partial charge in [0, 0.05) is 17.1 Å². The smallest absolute Gasteiger partial charge is 0.417 e. The lowest BCUT2D eigenvalue weighted by Gasteiger charge is -2.10. The molecule has 0 saturated heterocycles. The Balaban J connectivity index is 2.40. The van der Waals surface area contributed by atoms with Gasteiger partial charge in [0.25, 0.3) is 5.56 Å². The topological polar surface area (TPSA) is 59.3 Å². The van der Waals surface area contributed by atoms with E-state index in [4.69, 9.17) is 5.11 Å². The van der Waals surface area contributed by atoms with E-state index in [2.05, 4.69) is 0 Å². The Kier molecular flexibility index (Phi) is 3.91. The highest BCUT2D eigenvalue weighted by Crippen LogP contribution is 2.28. The first-order chi connectivity index (χ1) is 9.68. The summed E-state index contributed by atoms with van der Waals surface area (Å²) in [7, 11) is 0. The maximum absolute atomic E-state index is 12.6. The normalized spacial score (nSPS) is 11.6. The molecule has 0 atom stereocenters. The number of nitrogens with zero attached hydrogens (tertiary/aromatic N) is 1. The second-order valence-electron chi connectivity index (χ2n) is 4.38. The van der Waals surface area contributed by atoms with Gasteiger partial charge >= 0.3 is 12.1 Å². The molecule has 112 valence electrons. The number of aromatic nitrogens is 1. The van der Waals surface area contributed by atoms with Crippen LogP contribution in [0.4, 0.5) is 13.2 Å². The van der Waals surface area contributed by atoms with Gasteiger partial charge in [-0.25, -0.2) is 4.79 Å². The number of carbonyl (C=O) groups is 1. The van der Waals surface area contributed by atoms with Crippen molar-refractivity contribution in [2.45, 2.75) is 19.6 Å². The number of carboxylic acid groups (broad SMARTS) is 1. The third kappa shape index (κ3) is 3.33. The van der Waals surface area contributed by atoms with Gasteiger partial charge in [-0.3, -0.25) is 4.79 Å². The molecule has 21 heavy (non-hydrogen) atoms. The maximum Gasteiger partial charge on any atom is 0.417 e. The van der Waals surface area contributed by atoms with E-state index >= 15 is 0 Å². The minimum atomic E-state index is -4.54. The molecule has 2 heterocycles. The fourth-order valence-electron chi connectivity index (χ4n) is 1.79. The van der Waals surface area contributed by atoms with Crippen LogP contribution in [0.5, 0.6) is 0 Å². The number of rotatable bonds is 3. The number of alkyl halides is 3. The first kappa shape index (κ1) is 15.3. The van der Waals surface area contributed by atoms with Crippen LogP contribution in [0.3, 0.4) is 0 Å². The molecule has 4 nitrogen and oxygen atoms in total. The number of hydrogen-bond acceptors (Lipinski definition) is 3. The van der Waals surface area contributed by atoms with Gasteiger partial charge in [-0.2, -0.15) is 13.2 Å². The number of thiophene rings is 1. The average Bonchev–Trinajstić information content (AvgIpc) is 2.72. The van der Waals surface area contributed by atoms with Gasteiger partial charge in [-0.05, 0) is 24.6 Å². The van der Waals surface area contributed by atoms with Crippen LogP contribution in [0.25, 0.3) is 0 Å². The number of halogens is 3. The van der Waals surface area contributed by atoms with Crippen molar-refractivity contribution in [2.24, 2.45) is 0 Å². The van der Waals surface area contributed by atoms with Gasteiger partial charge in [0.2, 0.25) is 0 Å². The molecule has 0 unspecified atom stereocenters. The van der Waals surface area contributed by atoms with E-state index in [1.54, 1.807) is 6.92 Å². The highest BCUT2D eigenvalue weighted by atomic mass is 32.1. The lowest BCUT2D eigenvalue weighted by atomic mass is 10.2. The Labute approximate surface area is 121 Å². The molecule has 0 radical (unpaired) electrons. The van der Waals surface area contributed by atoms with E-state index < -0.39 is 23.3 Å². The van der Waals surface area contributed by atoms with Gasteiger partial charge in [0.15, 0.2) is 0 Å².